The highest BCUT2D eigenvalue weighted by atomic mass is 32.2. The van der Waals surface area contributed by atoms with Crippen LogP contribution in [-0.4, -0.2) is 6.26 Å². The van der Waals surface area contributed by atoms with Crippen LogP contribution in [-0.2, 0) is 6.42 Å². The minimum Gasteiger partial charge on any atom is -0.129 e. The van der Waals surface area contributed by atoms with Crippen LogP contribution in [0.4, 0.5) is 0 Å². The predicted octanol–water partition coefficient (Wildman–Crippen LogP) is 5.75. The molecule has 1 heteroatoms. The third-order valence-electron chi connectivity index (χ3n) is 4.47. The van der Waals surface area contributed by atoms with Crippen LogP contribution in [0.5, 0.6) is 0 Å². The normalized spacial score (nSPS) is 12.5. The van der Waals surface area contributed by atoms with Crippen molar-refractivity contribution < 1.29 is 0 Å². The molecule has 0 fully saturated rings. The second-order valence-corrected chi connectivity index (χ2v) is 6.81. The molecule has 0 bridgehead atoms. The summed E-state index contributed by atoms with van der Waals surface area (Å²) >= 11 is 1.88. The van der Waals surface area contributed by atoms with Gasteiger partial charge in [-0.15, -0.1) is 11.8 Å². The van der Waals surface area contributed by atoms with Gasteiger partial charge >= 0.3 is 0 Å². The van der Waals surface area contributed by atoms with Crippen molar-refractivity contribution in [3.05, 3.63) is 64.7 Å². The van der Waals surface area contributed by atoms with Crippen LogP contribution in [0, 0.1) is 13.8 Å². The molecule has 0 heterocycles. The largest absolute Gasteiger partial charge is 0.129 e. The molecule has 0 aromatic heterocycles. The van der Waals surface area contributed by atoms with Crippen LogP contribution in [0.25, 0.3) is 21.9 Å². The van der Waals surface area contributed by atoms with Crippen molar-refractivity contribution in [1.82, 2.24) is 0 Å². The first kappa shape index (κ1) is 13.0. The Morgan fingerprint density at radius 1 is 0.857 bits per heavy atom. The maximum Gasteiger partial charge on any atom is 0.0189 e. The maximum absolute atomic E-state index is 2.39. The van der Waals surface area contributed by atoms with E-state index in [1.807, 2.05) is 11.8 Å². The Kier molecular flexibility index (Phi) is 2.87. The highest BCUT2D eigenvalue weighted by molar-refractivity contribution is 7.98. The van der Waals surface area contributed by atoms with Crippen molar-refractivity contribution in [3.8, 4) is 11.1 Å². The van der Waals surface area contributed by atoms with Crippen LogP contribution in [0.3, 0.4) is 0 Å². The molecule has 0 saturated carbocycles. The van der Waals surface area contributed by atoms with Gasteiger partial charge in [-0.3, -0.25) is 0 Å². The van der Waals surface area contributed by atoms with Crippen molar-refractivity contribution in [2.75, 3.05) is 6.26 Å². The maximum atomic E-state index is 2.39. The van der Waals surface area contributed by atoms with Gasteiger partial charge in [-0.2, -0.15) is 0 Å². The fourth-order valence-electron chi connectivity index (χ4n) is 3.51. The van der Waals surface area contributed by atoms with E-state index in [4.69, 9.17) is 0 Å². The van der Waals surface area contributed by atoms with E-state index in [1.165, 1.54) is 49.0 Å². The lowest BCUT2D eigenvalue weighted by Crippen LogP contribution is -1.88. The predicted molar refractivity (Wildman–Crippen MR) is 93.4 cm³/mol. The molecule has 3 aromatic rings. The molecule has 1 aliphatic rings. The summed E-state index contributed by atoms with van der Waals surface area (Å²) in [6.45, 7) is 4.35. The van der Waals surface area contributed by atoms with E-state index in [1.54, 1.807) is 0 Å². The fraction of sp³-hybridized carbons (Fsp3) is 0.200. The fourth-order valence-corrected chi connectivity index (χ4v) is 4.34. The smallest absolute Gasteiger partial charge is 0.0189 e. The highest BCUT2D eigenvalue weighted by Gasteiger charge is 2.22. The van der Waals surface area contributed by atoms with Gasteiger partial charge < -0.3 is 0 Å². The summed E-state index contributed by atoms with van der Waals surface area (Å²) < 4.78 is 0. The second kappa shape index (κ2) is 4.64. The lowest BCUT2D eigenvalue weighted by atomic mass is 9.99. The van der Waals surface area contributed by atoms with Crippen molar-refractivity contribution in [1.29, 1.82) is 0 Å². The summed E-state index contributed by atoms with van der Waals surface area (Å²) in [4.78, 5) is 1.45. The molecular weight excluding hydrogens is 272 g/mol. The molecule has 1 aliphatic carbocycles. The van der Waals surface area contributed by atoms with E-state index in [0.29, 0.717) is 0 Å². The first-order valence-electron chi connectivity index (χ1n) is 7.37. The van der Waals surface area contributed by atoms with Crippen LogP contribution < -0.4 is 0 Å². The van der Waals surface area contributed by atoms with Crippen LogP contribution in [0.2, 0.25) is 0 Å². The molecule has 0 nitrogen and oxygen atoms in total. The van der Waals surface area contributed by atoms with E-state index < -0.39 is 0 Å². The van der Waals surface area contributed by atoms with Crippen molar-refractivity contribution in [2.45, 2.75) is 25.2 Å². The van der Waals surface area contributed by atoms with Gasteiger partial charge in [0.1, 0.15) is 0 Å². The topological polar surface area (TPSA) is 0 Å². The molecule has 21 heavy (non-hydrogen) atoms. The Hall–Kier alpha value is -1.73. The van der Waals surface area contributed by atoms with Crippen molar-refractivity contribution in [2.24, 2.45) is 0 Å². The van der Waals surface area contributed by atoms with E-state index in [9.17, 15) is 0 Å². The summed E-state index contributed by atoms with van der Waals surface area (Å²) in [5.74, 6) is 0. The Bertz CT molecular complexity index is 875. The zero-order chi connectivity index (χ0) is 14.6. The molecule has 0 amide bonds. The summed E-state index contributed by atoms with van der Waals surface area (Å²) in [6, 6.07) is 16.1. The third kappa shape index (κ3) is 1.91. The van der Waals surface area contributed by atoms with Crippen molar-refractivity contribution >= 4 is 22.5 Å². The average molecular weight is 290 g/mol. The average Bonchev–Trinajstić information content (AvgIpc) is 2.81. The SMILES string of the molecule is CSc1c2c(cc3cc(C)ccc13)-c1ccc(C)cc1C2. The first-order chi connectivity index (χ1) is 10.2. The standard InChI is InChI=1S/C20H18S/c1-12-4-6-16-14(8-12)11-19-18(16)10-15-9-13(2)5-7-17(15)20(19)21-3/h4-10H,11H2,1-3H3. The van der Waals surface area contributed by atoms with E-state index >= 15 is 0 Å². The van der Waals surface area contributed by atoms with Gasteiger partial charge in [0.05, 0.1) is 0 Å². The molecule has 0 aliphatic heterocycles. The molecular formula is C20H18S. The number of hydrogen-bond donors (Lipinski definition) is 0. The number of thioether (sulfide) groups is 1. The van der Waals surface area contributed by atoms with Gasteiger partial charge in [0.15, 0.2) is 0 Å². The highest BCUT2D eigenvalue weighted by Crippen LogP contribution is 2.44. The summed E-state index contributed by atoms with van der Waals surface area (Å²) in [5.41, 5.74) is 8.54. The molecule has 0 unspecified atom stereocenters. The Balaban J connectivity index is 2.08. The Morgan fingerprint density at radius 2 is 1.62 bits per heavy atom. The number of benzene rings is 3. The zero-order valence-electron chi connectivity index (χ0n) is 12.7. The molecule has 0 N–H and O–H groups in total. The number of rotatable bonds is 1. The monoisotopic (exact) mass is 290 g/mol. The van der Waals surface area contributed by atoms with E-state index in [-0.39, 0.29) is 0 Å². The summed E-state index contributed by atoms with van der Waals surface area (Å²) in [5, 5.41) is 2.77. The van der Waals surface area contributed by atoms with E-state index in [0.717, 1.165) is 6.42 Å². The van der Waals surface area contributed by atoms with Gasteiger partial charge in [-0.05, 0) is 65.6 Å². The molecule has 0 atom stereocenters. The second-order valence-electron chi connectivity index (χ2n) is 6.00. The third-order valence-corrected chi connectivity index (χ3v) is 5.35. The Morgan fingerprint density at radius 3 is 2.43 bits per heavy atom. The number of hydrogen-bond acceptors (Lipinski definition) is 1. The minimum atomic E-state index is 1.08. The molecule has 3 aromatic carbocycles. The van der Waals surface area contributed by atoms with Gasteiger partial charge in [-0.1, -0.05) is 47.5 Å². The van der Waals surface area contributed by atoms with Gasteiger partial charge in [0, 0.05) is 4.90 Å². The lowest BCUT2D eigenvalue weighted by molar-refractivity contribution is 1.20. The molecule has 104 valence electrons. The van der Waals surface area contributed by atoms with Gasteiger partial charge in [0.25, 0.3) is 0 Å². The molecule has 4 rings (SSSR count). The molecule has 0 radical (unpaired) electrons. The van der Waals surface area contributed by atoms with Crippen LogP contribution in [0.15, 0.2) is 47.4 Å². The minimum absolute atomic E-state index is 1.08. The quantitative estimate of drug-likeness (QED) is 0.402. The first-order valence-corrected chi connectivity index (χ1v) is 8.60. The van der Waals surface area contributed by atoms with Crippen LogP contribution in [0.1, 0.15) is 22.3 Å². The summed E-state index contributed by atoms with van der Waals surface area (Å²) in [7, 11) is 0. The summed E-state index contributed by atoms with van der Waals surface area (Å²) in [6.07, 6.45) is 3.27. The Labute approximate surface area is 130 Å². The van der Waals surface area contributed by atoms with Crippen molar-refractivity contribution in [3.63, 3.8) is 0 Å². The molecule has 0 saturated heterocycles. The lowest BCUT2D eigenvalue weighted by Gasteiger charge is -2.12. The zero-order valence-corrected chi connectivity index (χ0v) is 13.5. The number of aryl methyl sites for hydroxylation is 2. The number of fused-ring (bicyclic) bond motifs is 4. The van der Waals surface area contributed by atoms with E-state index in [2.05, 4.69) is 62.6 Å². The van der Waals surface area contributed by atoms with Crippen LogP contribution >= 0.6 is 11.8 Å². The van der Waals surface area contributed by atoms with Gasteiger partial charge in [0.2, 0.25) is 0 Å². The van der Waals surface area contributed by atoms with Gasteiger partial charge in [-0.25, -0.2) is 0 Å². The molecule has 0 spiro atoms.